The van der Waals surface area contributed by atoms with Gasteiger partial charge in [-0.2, -0.15) is 0 Å². The highest BCUT2D eigenvalue weighted by Crippen LogP contribution is 2.30. The molecule has 16 heavy (non-hydrogen) atoms. The molecule has 6 heteroatoms. The minimum absolute atomic E-state index is 0.433. The van der Waals surface area contributed by atoms with Gasteiger partial charge in [-0.05, 0) is 69.5 Å². The number of ether oxygens (including phenoxy) is 2. The first-order valence-electron chi connectivity index (χ1n) is 4.36. The van der Waals surface area contributed by atoms with E-state index in [0.717, 1.165) is 17.1 Å². The van der Waals surface area contributed by atoms with E-state index >= 15 is 0 Å². The predicted molar refractivity (Wildman–Crippen MR) is 84.2 cm³/mol. The van der Waals surface area contributed by atoms with Crippen molar-refractivity contribution in [2.75, 3.05) is 9.23 Å². The van der Waals surface area contributed by atoms with Gasteiger partial charge in [0.1, 0.15) is 20.7 Å². The van der Waals surface area contributed by atoms with Gasteiger partial charge in [-0.3, -0.25) is 0 Å². The second kappa shape index (κ2) is 8.21. The van der Waals surface area contributed by atoms with Gasteiger partial charge in [0.2, 0.25) is 0 Å². The lowest BCUT2D eigenvalue weighted by Gasteiger charge is -2.12. The van der Waals surface area contributed by atoms with Crippen molar-refractivity contribution in [3.8, 4) is 11.5 Å². The molecule has 1 rings (SSSR count). The van der Waals surface area contributed by atoms with Crippen molar-refractivity contribution in [1.82, 2.24) is 0 Å². The summed E-state index contributed by atoms with van der Waals surface area (Å²) in [5, 5.41) is 2.35. The van der Waals surface area contributed by atoms with Gasteiger partial charge in [0, 0.05) is 0 Å². The first kappa shape index (κ1) is 14.1. The van der Waals surface area contributed by atoms with E-state index in [1.807, 2.05) is 18.2 Å². The lowest BCUT2D eigenvalue weighted by molar-refractivity contribution is 0.376. The fraction of sp³-hybridized carbons (Fsp3) is 0.300. The van der Waals surface area contributed by atoms with Crippen LogP contribution in [0.5, 0.6) is 11.5 Å². The van der Waals surface area contributed by atoms with E-state index in [-0.39, 0.29) is 0 Å². The lowest BCUT2D eigenvalue weighted by atomic mass is 10.2. The SMILES string of the molecule is S=C=NCc1c(OCI)cccc1OCI. The van der Waals surface area contributed by atoms with Crippen LogP contribution in [-0.4, -0.2) is 14.4 Å². The van der Waals surface area contributed by atoms with E-state index in [4.69, 9.17) is 9.47 Å². The lowest BCUT2D eigenvalue weighted by Crippen LogP contribution is -1.99. The van der Waals surface area contributed by atoms with Gasteiger partial charge in [0.25, 0.3) is 0 Å². The fourth-order valence-electron chi connectivity index (χ4n) is 1.20. The number of hydrogen-bond acceptors (Lipinski definition) is 4. The summed E-state index contributed by atoms with van der Waals surface area (Å²) in [5.41, 5.74) is 0.910. The van der Waals surface area contributed by atoms with Crippen LogP contribution in [0, 0.1) is 0 Å². The zero-order valence-electron chi connectivity index (χ0n) is 8.28. The molecule has 0 saturated heterocycles. The quantitative estimate of drug-likeness (QED) is 0.280. The maximum atomic E-state index is 5.50. The Balaban J connectivity index is 3.05. The van der Waals surface area contributed by atoms with Gasteiger partial charge >= 0.3 is 0 Å². The second-order valence-corrected chi connectivity index (χ2v) is 4.08. The molecule has 0 heterocycles. The van der Waals surface area contributed by atoms with Crippen molar-refractivity contribution in [3.05, 3.63) is 23.8 Å². The van der Waals surface area contributed by atoms with E-state index in [2.05, 4.69) is 67.6 Å². The van der Waals surface area contributed by atoms with Crippen LogP contribution in [0.4, 0.5) is 0 Å². The van der Waals surface area contributed by atoms with Crippen LogP contribution in [0.15, 0.2) is 23.2 Å². The molecule has 0 amide bonds. The van der Waals surface area contributed by atoms with Crippen LogP contribution in [0.3, 0.4) is 0 Å². The average Bonchev–Trinajstić information content (AvgIpc) is 2.29. The second-order valence-electron chi connectivity index (χ2n) is 2.65. The van der Waals surface area contributed by atoms with Gasteiger partial charge in [-0.1, -0.05) is 6.07 Å². The molecule has 0 atom stereocenters. The summed E-state index contributed by atoms with van der Waals surface area (Å²) in [6, 6.07) is 5.69. The molecule has 0 aliphatic heterocycles. The van der Waals surface area contributed by atoms with E-state index in [0.29, 0.717) is 15.8 Å². The molecule has 1 aromatic rings. The van der Waals surface area contributed by atoms with Crippen LogP contribution >= 0.6 is 57.4 Å². The highest BCUT2D eigenvalue weighted by molar-refractivity contribution is 14.1. The van der Waals surface area contributed by atoms with Crippen molar-refractivity contribution in [2.24, 2.45) is 4.99 Å². The van der Waals surface area contributed by atoms with Crippen molar-refractivity contribution >= 4 is 62.6 Å². The van der Waals surface area contributed by atoms with Crippen LogP contribution < -0.4 is 9.47 Å². The number of rotatable bonds is 6. The zero-order chi connectivity index (χ0) is 11.8. The average molecular weight is 461 g/mol. The van der Waals surface area contributed by atoms with Gasteiger partial charge < -0.3 is 9.47 Å². The molecule has 0 fully saturated rings. The van der Waals surface area contributed by atoms with Crippen LogP contribution in [0.2, 0.25) is 0 Å². The van der Waals surface area contributed by atoms with Crippen LogP contribution in [0.1, 0.15) is 5.56 Å². The van der Waals surface area contributed by atoms with Gasteiger partial charge in [0.05, 0.1) is 17.3 Å². The van der Waals surface area contributed by atoms with Crippen molar-refractivity contribution in [2.45, 2.75) is 6.54 Å². The molecule has 0 N–H and O–H groups in total. The Hall–Kier alpha value is 0.0800. The summed E-state index contributed by atoms with van der Waals surface area (Å²) in [7, 11) is 0. The first-order chi connectivity index (χ1) is 7.83. The standard InChI is InChI=1S/C10H9I2NO2S/c11-5-14-9-2-1-3-10(15-6-12)8(9)4-13-7-16/h1-3H,4-6H2. The van der Waals surface area contributed by atoms with Crippen molar-refractivity contribution in [1.29, 1.82) is 0 Å². The Labute approximate surface area is 127 Å². The molecule has 86 valence electrons. The third-order valence-electron chi connectivity index (χ3n) is 1.81. The molecule has 1 aromatic carbocycles. The van der Waals surface area contributed by atoms with E-state index < -0.39 is 0 Å². The fourth-order valence-corrected chi connectivity index (χ4v) is 1.94. The molecule has 0 unspecified atom stereocenters. The molecule has 0 aliphatic carbocycles. The zero-order valence-corrected chi connectivity index (χ0v) is 13.4. The molecular weight excluding hydrogens is 452 g/mol. The van der Waals surface area contributed by atoms with Gasteiger partial charge in [-0.15, -0.1) is 0 Å². The molecule has 0 aliphatic rings. The number of alkyl halides is 2. The Morgan fingerprint density at radius 3 is 2.19 bits per heavy atom. The largest absolute Gasteiger partial charge is 0.483 e. The molecule has 0 spiro atoms. The van der Waals surface area contributed by atoms with Crippen LogP contribution in [0.25, 0.3) is 0 Å². The normalized spacial score (nSPS) is 9.38. The highest BCUT2D eigenvalue weighted by atomic mass is 127. The summed E-state index contributed by atoms with van der Waals surface area (Å²) in [6.07, 6.45) is 0. The molecule has 0 aromatic heterocycles. The summed E-state index contributed by atoms with van der Waals surface area (Å²) < 4.78 is 12.2. The molecule has 0 radical (unpaired) electrons. The van der Waals surface area contributed by atoms with E-state index in [1.165, 1.54) is 0 Å². The Morgan fingerprint density at radius 2 is 1.75 bits per heavy atom. The van der Waals surface area contributed by atoms with Gasteiger partial charge in [0.15, 0.2) is 0 Å². The van der Waals surface area contributed by atoms with E-state index in [9.17, 15) is 0 Å². The minimum atomic E-state index is 0.433. The Kier molecular flexibility index (Phi) is 7.26. The smallest absolute Gasteiger partial charge is 0.139 e. The topological polar surface area (TPSA) is 30.8 Å². The summed E-state index contributed by atoms with van der Waals surface area (Å²) >= 11 is 8.86. The Morgan fingerprint density at radius 1 is 1.19 bits per heavy atom. The summed E-state index contributed by atoms with van der Waals surface area (Å²) in [6.45, 7) is 0.433. The predicted octanol–water partition coefficient (Wildman–Crippen LogP) is 3.83. The number of aliphatic imine (C=N–C) groups is 1. The number of nitrogens with zero attached hydrogens (tertiary/aromatic N) is 1. The number of benzene rings is 1. The van der Waals surface area contributed by atoms with Crippen molar-refractivity contribution in [3.63, 3.8) is 0 Å². The number of hydrogen-bond donors (Lipinski definition) is 0. The minimum Gasteiger partial charge on any atom is -0.483 e. The monoisotopic (exact) mass is 461 g/mol. The molecule has 3 nitrogen and oxygen atoms in total. The van der Waals surface area contributed by atoms with Crippen molar-refractivity contribution < 1.29 is 9.47 Å². The Bertz CT molecular complexity index is 370. The third-order valence-corrected chi connectivity index (χ3v) is 2.56. The summed E-state index contributed by atoms with van der Waals surface area (Å²) in [4.78, 5) is 3.93. The van der Waals surface area contributed by atoms with Crippen LogP contribution in [-0.2, 0) is 6.54 Å². The van der Waals surface area contributed by atoms with E-state index in [1.54, 1.807) is 0 Å². The third kappa shape index (κ3) is 4.15. The summed E-state index contributed by atoms with van der Waals surface area (Å²) in [5.74, 6) is 1.57. The highest BCUT2D eigenvalue weighted by Gasteiger charge is 2.09. The molecule has 0 saturated carbocycles. The number of isothiocyanates is 1. The molecule has 0 bridgehead atoms. The maximum absolute atomic E-state index is 5.50. The van der Waals surface area contributed by atoms with Gasteiger partial charge in [-0.25, -0.2) is 4.99 Å². The number of thiocarbonyl (C=S) groups is 1. The molecular formula is C10H9I2NO2S. The number of halogens is 2. The first-order valence-corrected chi connectivity index (χ1v) is 7.82. The maximum Gasteiger partial charge on any atom is 0.139 e.